The third-order valence-electron chi connectivity index (χ3n) is 5.85. The van der Waals surface area contributed by atoms with E-state index in [1.165, 1.54) is 17.4 Å². The van der Waals surface area contributed by atoms with Crippen molar-refractivity contribution in [2.45, 2.75) is 39.2 Å². The monoisotopic (exact) mass is 401 g/mol. The van der Waals surface area contributed by atoms with Gasteiger partial charge in [-0.2, -0.15) is 0 Å². The van der Waals surface area contributed by atoms with Gasteiger partial charge >= 0.3 is 0 Å². The molecule has 148 valence electrons. The van der Waals surface area contributed by atoms with Gasteiger partial charge in [0.15, 0.2) is 0 Å². The summed E-state index contributed by atoms with van der Waals surface area (Å²) >= 11 is 1.54. The molecule has 0 radical (unpaired) electrons. The molecule has 2 aliphatic heterocycles. The minimum Gasteiger partial charge on any atom is -0.341 e. The Balaban J connectivity index is 1.43. The minimum absolute atomic E-state index is 0.0289. The highest BCUT2D eigenvalue weighted by Crippen LogP contribution is 2.40. The van der Waals surface area contributed by atoms with Gasteiger partial charge in [-0.05, 0) is 32.3 Å². The number of nitrogens with zero attached hydrogens (tertiary/aromatic N) is 3. The van der Waals surface area contributed by atoms with Crippen molar-refractivity contribution in [3.63, 3.8) is 0 Å². The van der Waals surface area contributed by atoms with E-state index in [1.54, 1.807) is 28.0 Å². The number of thiazole rings is 1. The molecule has 0 aliphatic carbocycles. The van der Waals surface area contributed by atoms with Crippen molar-refractivity contribution in [1.29, 1.82) is 0 Å². The fourth-order valence-corrected chi connectivity index (χ4v) is 4.97. The van der Waals surface area contributed by atoms with Crippen LogP contribution in [0.25, 0.3) is 0 Å². The van der Waals surface area contributed by atoms with Crippen LogP contribution in [0.5, 0.6) is 0 Å². The van der Waals surface area contributed by atoms with Crippen LogP contribution in [-0.2, 0) is 22.6 Å². The molecule has 7 heteroatoms. The highest BCUT2D eigenvalue weighted by molar-refractivity contribution is 7.09. The number of aromatic nitrogens is 1. The van der Waals surface area contributed by atoms with Crippen molar-refractivity contribution in [2.75, 3.05) is 19.6 Å². The molecular weight excluding hydrogens is 377 g/mol. The molecule has 2 aromatic rings. The highest BCUT2D eigenvalue weighted by Gasteiger charge is 2.49. The van der Waals surface area contributed by atoms with Crippen molar-refractivity contribution in [1.82, 2.24) is 14.8 Å². The lowest BCUT2D eigenvalue weighted by molar-refractivity contribution is -0.146. The van der Waals surface area contributed by atoms with Crippen LogP contribution in [0, 0.1) is 18.2 Å². The van der Waals surface area contributed by atoms with E-state index in [2.05, 4.69) is 4.98 Å². The van der Waals surface area contributed by atoms with Crippen LogP contribution in [0.2, 0.25) is 0 Å². The van der Waals surface area contributed by atoms with Crippen molar-refractivity contribution in [3.05, 3.63) is 51.7 Å². The van der Waals surface area contributed by atoms with Crippen LogP contribution in [-0.4, -0.2) is 46.2 Å². The number of benzene rings is 1. The summed E-state index contributed by atoms with van der Waals surface area (Å²) in [6.07, 6.45) is 2.64. The van der Waals surface area contributed by atoms with Crippen molar-refractivity contribution in [2.24, 2.45) is 5.41 Å². The summed E-state index contributed by atoms with van der Waals surface area (Å²) in [6.45, 7) is 3.91. The Morgan fingerprint density at radius 3 is 2.86 bits per heavy atom. The lowest BCUT2D eigenvalue weighted by Crippen LogP contribution is -2.50. The summed E-state index contributed by atoms with van der Waals surface area (Å²) in [5, 5.41) is 2.87. The lowest BCUT2D eigenvalue weighted by atomic mass is 9.78. The van der Waals surface area contributed by atoms with Gasteiger partial charge in [0.25, 0.3) is 0 Å². The summed E-state index contributed by atoms with van der Waals surface area (Å²) in [6, 6.07) is 6.60. The SMILES string of the molecule is Cc1nc(CC(=O)N2CCC3(CCCN(Cc4ccccc4F)C3=O)C2)cs1. The van der Waals surface area contributed by atoms with Gasteiger partial charge in [-0.1, -0.05) is 18.2 Å². The number of hydrogen-bond donors (Lipinski definition) is 0. The zero-order valence-corrected chi connectivity index (χ0v) is 16.8. The quantitative estimate of drug-likeness (QED) is 0.791. The summed E-state index contributed by atoms with van der Waals surface area (Å²) < 4.78 is 14.0. The van der Waals surface area contributed by atoms with Gasteiger partial charge in [-0.3, -0.25) is 9.59 Å². The number of hydrogen-bond acceptors (Lipinski definition) is 4. The topological polar surface area (TPSA) is 53.5 Å². The third kappa shape index (κ3) is 3.68. The molecule has 1 aromatic heterocycles. The molecule has 0 N–H and O–H groups in total. The zero-order chi connectivity index (χ0) is 19.7. The first-order valence-corrected chi connectivity index (χ1v) is 10.6. The number of carbonyl (C=O) groups excluding carboxylic acids is 2. The summed E-state index contributed by atoms with van der Waals surface area (Å²) in [5.74, 6) is -0.195. The molecule has 2 aliphatic rings. The van der Waals surface area contributed by atoms with E-state index in [0.29, 0.717) is 38.2 Å². The number of amides is 2. The first-order valence-electron chi connectivity index (χ1n) is 9.68. The Morgan fingerprint density at radius 2 is 2.11 bits per heavy atom. The van der Waals surface area contributed by atoms with Gasteiger partial charge in [0, 0.05) is 37.1 Å². The number of likely N-dealkylation sites (tertiary alicyclic amines) is 2. The summed E-state index contributed by atoms with van der Waals surface area (Å²) in [4.78, 5) is 33.9. The van der Waals surface area contributed by atoms with Crippen molar-refractivity contribution < 1.29 is 14.0 Å². The minimum atomic E-state index is -0.517. The van der Waals surface area contributed by atoms with Crippen LogP contribution in [0.15, 0.2) is 29.6 Å². The maximum Gasteiger partial charge on any atom is 0.230 e. The fourth-order valence-electron chi connectivity index (χ4n) is 4.36. The Kier molecular flexibility index (Phi) is 5.19. The summed E-state index contributed by atoms with van der Waals surface area (Å²) in [7, 11) is 0. The van der Waals surface area contributed by atoms with Gasteiger partial charge in [0.05, 0.1) is 22.5 Å². The first kappa shape index (κ1) is 19.1. The Morgan fingerprint density at radius 1 is 1.29 bits per heavy atom. The van der Waals surface area contributed by atoms with E-state index in [0.717, 1.165) is 23.5 Å². The van der Waals surface area contributed by atoms with E-state index < -0.39 is 5.41 Å². The number of carbonyl (C=O) groups is 2. The van der Waals surface area contributed by atoms with Gasteiger partial charge < -0.3 is 9.80 Å². The Bertz CT molecular complexity index is 899. The molecule has 2 saturated heterocycles. The number of piperidine rings is 1. The normalized spacial score (nSPS) is 22.3. The average Bonchev–Trinajstić information content (AvgIpc) is 3.28. The second-order valence-corrected chi connectivity index (χ2v) is 8.86. The lowest BCUT2D eigenvalue weighted by Gasteiger charge is -2.39. The molecular formula is C21H24FN3O2S. The van der Waals surface area contributed by atoms with E-state index in [9.17, 15) is 14.0 Å². The second-order valence-electron chi connectivity index (χ2n) is 7.80. The molecule has 4 rings (SSSR count). The van der Waals surface area contributed by atoms with Gasteiger partial charge in [-0.25, -0.2) is 9.37 Å². The second kappa shape index (κ2) is 7.62. The van der Waals surface area contributed by atoms with Crippen molar-refractivity contribution in [3.8, 4) is 0 Å². The Labute approximate surface area is 168 Å². The van der Waals surface area contributed by atoms with Gasteiger partial charge in [0.2, 0.25) is 11.8 Å². The number of aryl methyl sites for hydroxylation is 1. The predicted octanol–water partition coefficient (Wildman–Crippen LogP) is 3.17. The number of halogens is 1. The average molecular weight is 402 g/mol. The molecule has 2 fully saturated rings. The van der Waals surface area contributed by atoms with Crippen LogP contribution in [0.4, 0.5) is 4.39 Å². The van der Waals surface area contributed by atoms with E-state index in [1.807, 2.05) is 12.3 Å². The maximum absolute atomic E-state index is 14.0. The van der Waals surface area contributed by atoms with Crippen LogP contribution in [0.3, 0.4) is 0 Å². The highest BCUT2D eigenvalue weighted by atomic mass is 32.1. The smallest absolute Gasteiger partial charge is 0.230 e. The molecule has 3 heterocycles. The zero-order valence-electron chi connectivity index (χ0n) is 16.0. The molecule has 1 unspecified atom stereocenters. The van der Waals surface area contributed by atoms with Crippen LogP contribution < -0.4 is 0 Å². The van der Waals surface area contributed by atoms with E-state index >= 15 is 0 Å². The van der Waals surface area contributed by atoms with E-state index in [-0.39, 0.29) is 24.1 Å². The summed E-state index contributed by atoms with van der Waals surface area (Å²) in [5.41, 5.74) is 0.819. The van der Waals surface area contributed by atoms with Gasteiger partial charge in [0.1, 0.15) is 5.82 Å². The number of rotatable bonds is 4. The molecule has 2 amide bonds. The largest absolute Gasteiger partial charge is 0.341 e. The van der Waals surface area contributed by atoms with Crippen LogP contribution in [0.1, 0.15) is 35.5 Å². The van der Waals surface area contributed by atoms with Crippen molar-refractivity contribution >= 4 is 23.2 Å². The van der Waals surface area contributed by atoms with E-state index in [4.69, 9.17) is 0 Å². The molecule has 0 saturated carbocycles. The molecule has 1 aromatic carbocycles. The molecule has 5 nitrogen and oxygen atoms in total. The maximum atomic E-state index is 14.0. The molecule has 1 atom stereocenters. The Hall–Kier alpha value is -2.28. The molecule has 28 heavy (non-hydrogen) atoms. The molecule has 1 spiro atoms. The standard InChI is InChI=1S/C21H24FN3O2S/c1-15-23-17(13-28-15)11-19(26)25-10-8-21(14-25)7-4-9-24(20(21)27)12-16-5-2-3-6-18(16)22/h2-3,5-6,13H,4,7-12,14H2,1H3. The van der Waals surface area contributed by atoms with Gasteiger partial charge in [-0.15, -0.1) is 11.3 Å². The van der Waals surface area contributed by atoms with Crippen LogP contribution >= 0.6 is 11.3 Å². The fraction of sp³-hybridized carbons (Fsp3) is 0.476. The predicted molar refractivity (Wildman–Crippen MR) is 105 cm³/mol. The first-order chi connectivity index (χ1) is 13.5. The third-order valence-corrected chi connectivity index (χ3v) is 6.67. The molecule has 0 bridgehead atoms.